The Morgan fingerprint density at radius 2 is 1.88 bits per heavy atom. The van der Waals surface area contributed by atoms with E-state index < -0.39 is 18.2 Å². The van der Waals surface area contributed by atoms with Crippen LogP contribution in [0.3, 0.4) is 0 Å². The summed E-state index contributed by atoms with van der Waals surface area (Å²) in [5, 5.41) is 19.8. The maximum atomic E-state index is 12.5. The number of likely N-dealkylation sites (N-methyl/N-ethyl adjacent to an activating group) is 1. The largest absolute Gasteiger partial charge is 0.488 e. The Balaban J connectivity index is 1.67. The van der Waals surface area contributed by atoms with Gasteiger partial charge < -0.3 is 19.8 Å². The summed E-state index contributed by atoms with van der Waals surface area (Å²) in [6.07, 6.45) is 4.04. The summed E-state index contributed by atoms with van der Waals surface area (Å²) in [6.45, 7) is 0. The van der Waals surface area contributed by atoms with Gasteiger partial charge in [-0.05, 0) is 50.3 Å². The van der Waals surface area contributed by atoms with Gasteiger partial charge in [-0.2, -0.15) is 0 Å². The highest BCUT2D eigenvalue weighted by Crippen LogP contribution is 2.32. The highest BCUT2D eigenvalue weighted by molar-refractivity contribution is 5.88. The molecule has 2 fully saturated rings. The minimum Gasteiger partial charge on any atom is -0.488 e. The van der Waals surface area contributed by atoms with Crippen LogP contribution < -0.4 is 4.74 Å². The van der Waals surface area contributed by atoms with E-state index in [2.05, 4.69) is 0 Å². The molecule has 1 aromatic carbocycles. The third kappa shape index (κ3) is 3.79. The van der Waals surface area contributed by atoms with Gasteiger partial charge in [0.15, 0.2) is 0 Å². The van der Waals surface area contributed by atoms with Crippen molar-refractivity contribution in [3.05, 3.63) is 29.8 Å². The molecule has 6 nitrogen and oxygen atoms in total. The van der Waals surface area contributed by atoms with Crippen molar-refractivity contribution in [1.29, 1.82) is 0 Å². The van der Waals surface area contributed by atoms with Crippen LogP contribution in [0.2, 0.25) is 0 Å². The van der Waals surface area contributed by atoms with E-state index >= 15 is 0 Å². The fourth-order valence-corrected chi connectivity index (χ4v) is 3.65. The lowest BCUT2D eigenvalue weighted by Gasteiger charge is -2.41. The molecule has 0 spiro atoms. The number of hydrogen-bond donors (Lipinski definition) is 2. The van der Waals surface area contributed by atoms with Crippen LogP contribution in [0.1, 0.15) is 48.9 Å². The van der Waals surface area contributed by atoms with E-state index in [4.69, 9.17) is 9.84 Å². The average molecular weight is 347 g/mol. The molecule has 0 radical (unpaired) electrons. The Hall–Kier alpha value is -2.08. The number of carbonyl (C=O) groups excluding carboxylic acids is 1. The molecule has 0 saturated heterocycles. The van der Waals surface area contributed by atoms with Crippen LogP contribution in [0.4, 0.5) is 0 Å². The first-order valence-corrected chi connectivity index (χ1v) is 8.92. The summed E-state index contributed by atoms with van der Waals surface area (Å²) < 4.78 is 5.87. The highest BCUT2D eigenvalue weighted by Gasteiger charge is 2.39. The number of aliphatic hydroxyl groups excluding tert-OH is 1. The van der Waals surface area contributed by atoms with Gasteiger partial charge >= 0.3 is 5.97 Å². The van der Waals surface area contributed by atoms with Crippen molar-refractivity contribution in [2.75, 3.05) is 7.05 Å². The molecule has 2 saturated carbocycles. The Morgan fingerprint density at radius 1 is 1.16 bits per heavy atom. The number of aliphatic hydroxyl groups is 1. The zero-order valence-electron chi connectivity index (χ0n) is 14.4. The van der Waals surface area contributed by atoms with Gasteiger partial charge in [0.2, 0.25) is 5.91 Å². The summed E-state index contributed by atoms with van der Waals surface area (Å²) in [5.41, 5.74) is 0.150. The normalized spacial score (nSPS) is 26.6. The van der Waals surface area contributed by atoms with Crippen LogP contribution in [-0.2, 0) is 4.79 Å². The van der Waals surface area contributed by atoms with Crippen LogP contribution in [0.5, 0.6) is 5.75 Å². The molecule has 2 aliphatic rings. The van der Waals surface area contributed by atoms with Gasteiger partial charge in [-0.25, -0.2) is 4.79 Å². The Labute approximate surface area is 147 Å². The maximum absolute atomic E-state index is 12.5. The Kier molecular flexibility index (Phi) is 5.27. The first-order chi connectivity index (χ1) is 12.0. The Morgan fingerprint density at radius 3 is 2.52 bits per heavy atom. The summed E-state index contributed by atoms with van der Waals surface area (Å²) in [4.78, 5) is 25.2. The lowest BCUT2D eigenvalue weighted by molar-refractivity contribution is -0.145. The fraction of sp³-hybridized carbons (Fsp3) is 0.579. The van der Waals surface area contributed by atoms with E-state index in [-0.39, 0.29) is 23.4 Å². The van der Waals surface area contributed by atoms with Crippen LogP contribution >= 0.6 is 0 Å². The number of nitrogens with zero attached hydrogens (tertiary/aromatic N) is 1. The number of benzene rings is 1. The maximum Gasteiger partial charge on any atom is 0.335 e. The quantitative estimate of drug-likeness (QED) is 0.853. The van der Waals surface area contributed by atoms with Crippen LogP contribution in [0.15, 0.2) is 24.3 Å². The molecule has 2 aliphatic carbocycles. The molecule has 0 unspecified atom stereocenters. The second kappa shape index (κ2) is 7.44. The molecule has 0 aromatic heterocycles. The van der Waals surface area contributed by atoms with Gasteiger partial charge in [0.25, 0.3) is 0 Å². The fourth-order valence-electron chi connectivity index (χ4n) is 3.65. The predicted octanol–water partition coefficient (Wildman–Crippen LogP) is 2.30. The van der Waals surface area contributed by atoms with E-state index in [0.717, 1.165) is 32.1 Å². The molecule has 0 heterocycles. The number of rotatable bonds is 5. The molecular formula is C19H25NO5. The number of hydrogen-bond acceptors (Lipinski definition) is 4. The second-order valence-electron chi connectivity index (χ2n) is 7.06. The molecule has 25 heavy (non-hydrogen) atoms. The van der Waals surface area contributed by atoms with Gasteiger partial charge in [-0.1, -0.05) is 12.5 Å². The molecule has 0 aliphatic heterocycles. The minimum atomic E-state index is -1.02. The molecule has 0 bridgehead atoms. The molecule has 3 rings (SSSR count). The minimum absolute atomic E-state index is 0.103. The zero-order chi connectivity index (χ0) is 18.0. The smallest absolute Gasteiger partial charge is 0.335 e. The number of aromatic carboxylic acids is 1. The third-order valence-corrected chi connectivity index (χ3v) is 5.43. The van der Waals surface area contributed by atoms with E-state index in [1.54, 1.807) is 24.1 Å². The Bertz CT molecular complexity index is 642. The molecule has 2 N–H and O–H groups in total. The van der Waals surface area contributed by atoms with Gasteiger partial charge in [0.1, 0.15) is 18.0 Å². The second-order valence-corrected chi connectivity index (χ2v) is 7.06. The van der Waals surface area contributed by atoms with Gasteiger partial charge in [0, 0.05) is 13.0 Å². The van der Waals surface area contributed by atoms with Crippen molar-refractivity contribution in [2.24, 2.45) is 5.92 Å². The van der Waals surface area contributed by atoms with E-state index in [9.17, 15) is 14.7 Å². The summed E-state index contributed by atoms with van der Waals surface area (Å²) in [6, 6.07) is 6.01. The van der Waals surface area contributed by atoms with Crippen molar-refractivity contribution in [3.63, 3.8) is 0 Å². The molecule has 3 atom stereocenters. The first-order valence-electron chi connectivity index (χ1n) is 8.92. The van der Waals surface area contributed by atoms with Crippen molar-refractivity contribution >= 4 is 11.9 Å². The molecule has 6 heteroatoms. The number of carbonyl (C=O) groups is 2. The third-order valence-electron chi connectivity index (χ3n) is 5.43. The van der Waals surface area contributed by atoms with Gasteiger partial charge in [-0.15, -0.1) is 0 Å². The van der Waals surface area contributed by atoms with E-state index in [1.165, 1.54) is 12.1 Å². The van der Waals surface area contributed by atoms with Crippen molar-refractivity contribution < 1.29 is 24.5 Å². The van der Waals surface area contributed by atoms with Gasteiger partial charge in [-0.3, -0.25) is 4.79 Å². The molecule has 1 amide bonds. The topological polar surface area (TPSA) is 87.1 Å². The van der Waals surface area contributed by atoms with Crippen molar-refractivity contribution in [2.45, 2.75) is 56.8 Å². The number of carboxylic acids is 1. The molecule has 1 aromatic rings. The van der Waals surface area contributed by atoms with E-state index in [0.29, 0.717) is 12.2 Å². The standard InChI is InChI=1S/C19H25NO5/c1-20(18(22)12-5-2-6-12)15-9-4-10-16(17(15)21)25-14-8-3-7-13(11-14)19(23)24/h3,7-8,11-12,15-17,21H,2,4-6,9-10H2,1H3,(H,23,24)/t15-,16+,17+/m1/s1. The summed E-state index contributed by atoms with van der Waals surface area (Å²) in [5.74, 6) is -0.370. The monoisotopic (exact) mass is 347 g/mol. The molecule has 136 valence electrons. The van der Waals surface area contributed by atoms with Crippen LogP contribution in [-0.4, -0.2) is 52.3 Å². The number of amides is 1. The van der Waals surface area contributed by atoms with Crippen molar-refractivity contribution in [1.82, 2.24) is 4.90 Å². The van der Waals surface area contributed by atoms with Gasteiger partial charge in [0.05, 0.1) is 11.6 Å². The van der Waals surface area contributed by atoms with Crippen LogP contribution in [0, 0.1) is 5.92 Å². The lowest BCUT2D eigenvalue weighted by atomic mass is 9.82. The lowest BCUT2D eigenvalue weighted by Crippen LogP contribution is -2.54. The van der Waals surface area contributed by atoms with Crippen molar-refractivity contribution in [3.8, 4) is 5.75 Å². The number of carboxylic acid groups (broad SMARTS) is 1. The zero-order valence-corrected chi connectivity index (χ0v) is 14.4. The molecular weight excluding hydrogens is 322 g/mol. The average Bonchev–Trinajstić information content (AvgIpc) is 2.55. The summed E-state index contributed by atoms with van der Waals surface area (Å²) >= 11 is 0. The number of ether oxygens (including phenoxy) is 1. The van der Waals surface area contributed by atoms with Crippen LogP contribution in [0.25, 0.3) is 0 Å². The van der Waals surface area contributed by atoms with E-state index in [1.807, 2.05) is 0 Å². The predicted molar refractivity (Wildman–Crippen MR) is 91.6 cm³/mol. The SMILES string of the molecule is CN(C(=O)C1CCC1)[C@@H]1CCC[C@H](Oc2cccc(C(=O)O)c2)[C@H]1O. The first kappa shape index (κ1) is 17.7. The highest BCUT2D eigenvalue weighted by atomic mass is 16.5. The summed E-state index contributed by atoms with van der Waals surface area (Å²) in [7, 11) is 1.77.